The largest absolute Gasteiger partial charge is 0.484 e. The van der Waals surface area contributed by atoms with Crippen LogP contribution in [-0.2, 0) is 14.3 Å². The van der Waals surface area contributed by atoms with Gasteiger partial charge in [-0.1, -0.05) is 18.2 Å². The molecule has 1 heterocycles. The Hall–Kier alpha value is -3.09. The van der Waals surface area contributed by atoms with Gasteiger partial charge in [0.15, 0.2) is 6.61 Å². The van der Waals surface area contributed by atoms with Crippen molar-refractivity contribution in [2.75, 3.05) is 25.2 Å². The summed E-state index contributed by atoms with van der Waals surface area (Å²) in [4.78, 5) is 25.8. The van der Waals surface area contributed by atoms with E-state index in [2.05, 4.69) is 0 Å². The summed E-state index contributed by atoms with van der Waals surface area (Å²) < 4.78 is 28.8. The Labute approximate surface area is 143 Å². The Kier molecular flexibility index (Phi) is 4.83. The second-order valence-corrected chi connectivity index (χ2v) is 5.35. The predicted octanol–water partition coefficient (Wildman–Crippen LogP) is 2.17. The van der Waals surface area contributed by atoms with Gasteiger partial charge < -0.3 is 19.1 Å². The van der Waals surface area contributed by atoms with Crippen LogP contribution in [0.15, 0.2) is 48.5 Å². The van der Waals surface area contributed by atoms with E-state index in [1.54, 1.807) is 30.3 Å². The summed E-state index contributed by atoms with van der Waals surface area (Å²) in [5, 5.41) is 0. The molecule has 0 aromatic heterocycles. The molecule has 1 amide bonds. The topological polar surface area (TPSA) is 65.1 Å². The average molecular weight is 345 g/mol. The fourth-order valence-corrected chi connectivity index (χ4v) is 2.50. The second-order valence-electron chi connectivity index (χ2n) is 5.35. The number of esters is 1. The van der Waals surface area contributed by atoms with Crippen molar-refractivity contribution in [3.05, 3.63) is 54.3 Å². The van der Waals surface area contributed by atoms with E-state index < -0.39 is 17.9 Å². The van der Waals surface area contributed by atoms with Crippen LogP contribution in [0.25, 0.3) is 0 Å². The SMILES string of the molecule is COC(=O)[C@H]1CN(C(=O)COc2cccc(F)c2)c2ccccc2O1. The first-order chi connectivity index (χ1) is 12.1. The number of fused-ring (bicyclic) bond motifs is 1. The number of nitrogens with zero attached hydrogens (tertiary/aromatic N) is 1. The van der Waals surface area contributed by atoms with E-state index in [-0.39, 0.29) is 24.8 Å². The normalized spacial score (nSPS) is 15.8. The minimum Gasteiger partial charge on any atom is -0.484 e. The van der Waals surface area contributed by atoms with Gasteiger partial charge in [0, 0.05) is 6.07 Å². The number of para-hydroxylation sites is 2. The maximum atomic E-state index is 13.2. The van der Waals surface area contributed by atoms with Crippen LogP contribution in [0.3, 0.4) is 0 Å². The number of benzene rings is 2. The Morgan fingerprint density at radius 1 is 1.24 bits per heavy atom. The van der Waals surface area contributed by atoms with Crippen LogP contribution in [0.4, 0.5) is 10.1 Å². The molecule has 6 nitrogen and oxygen atoms in total. The molecule has 0 N–H and O–H groups in total. The van der Waals surface area contributed by atoms with Gasteiger partial charge in [-0.25, -0.2) is 9.18 Å². The highest BCUT2D eigenvalue weighted by Crippen LogP contribution is 2.33. The highest BCUT2D eigenvalue weighted by atomic mass is 19.1. The maximum absolute atomic E-state index is 13.2. The second kappa shape index (κ2) is 7.21. The molecule has 0 unspecified atom stereocenters. The lowest BCUT2D eigenvalue weighted by Crippen LogP contribution is -2.48. The third-order valence-corrected chi connectivity index (χ3v) is 3.70. The van der Waals surface area contributed by atoms with Gasteiger partial charge in [-0.3, -0.25) is 4.79 Å². The van der Waals surface area contributed by atoms with Crippen molar-refractivity contribution in [3.8, 4) is 11.5 Å². The van der Waals surface area contributed by atoms with E-state index in [1.165, 1.54) is 30.2 Å². The van der Waals surface area contributed by atoms with E-state index in [0.29, 0.717) is 11.4 Å². The lowest BCUT2D eigenvalue weighted by atomic mass is 10.2. The van der Waals surface area contributed by atoms with Gasteiger partial charge in [-0.15, -0.1) is 0 Å². The van der Waals surface area contributed by atoms with Crippen molar-refractivity contribution in [1.82, 2.24) is 0 Å². The first-order valence-corrected chi connectivity index (χ1v) is 7.60. The standard InChI is InChI=1S/C18H16FNO5/c1-23-18(22)16-10-20(14-7-2-3-8-15(14)25-16)17(21)11-24-13-6-4-5-12(19)9-13/h2-9,16H,10-11H2,1H3/t16-/m1/s1. The highest BCUT2D eigenvalue weighted by molar-refractivity contribution is 5.97. The summed E-state index contributed by atoms with van der Waals surface area (Å²) in [5.41, 5.74) is 0.537. The van der Waals surface area contributed by atoms with Crippen LogP contribution >= 0.6 is 0 Å². The fraction of sp³-hybridized carbons (Fsp3) is 0.222. The van der Waals surface area contributed by atoms with Gasteiger partial charge in [-0.05, 0) is 24.3 Å². The van der Waals surface area contributed by atoms with Crippen molar-refractivity contribution < 1.29 is 28.2 Å². The molecule has 1 aliphatic heterocycles. The monoisotopic (exact) mass is 345 g/mol. The molecule has 2 aromatic rings. The molecule has 1 aliphatic rings. The molecule has 0 bridgehead atoms. The minimum absolute atomic E-state index is 0.00896. The summed E-state index contributed by atoms with van der Waals surface area (Å²) in [6.45, 7) is -0.291. The van der Waals surface area contributed by atoms with E-state index in [0.717, 1.165) is 0 Å². The number of hydrogen-bond acceptors (Lipinski definition) is 5. The molecule has 0 radical (unpaired) electrons. The lowest BCUT2D eigenvalue weighted by Gasteiger charge is -2.33. The van der Waals surface area contributed by atoms with Crippen molar-refractivity contribution in [1.29, 1.82) is 0 Å². The first kappa shape index (κ1) is 16.8. The number of amides is 1. The lowest BCUT2D eigenvalue weighted by molar-refractivity contribution is -0.148. The Morgan fingerprint density at radius 2 is 2.04 bits per heavy atom. The summed E-state index contributed by atoms with van der Waals surface area (Å²) in [6.07, 6.45) is -0.919. The Bertz CT molecular complexity index is 795. The van der Waals surface area contributed by atoms with Gasteiger partial charge >= 0.3 is 5.97 Å². The van der Waals surface area contributed by atoms with Gasteiger partial charge in [0.05, 0.1) is 19.3 Å². The zero-order valence-electron chi connectivity index (χ0n) is 13.5. The van der Waals surface area contributed by atoms with Gasteiger partial charge in [0.2, 0.25) is 6.10 Å². The number of carbonyl (C=O) groups excluding carboxylic acids is 2. The zero-order valence-corrected chi connectivity index (χ0v) is 13.5. The molecular weight excluding hydrogens is 329 g/mol. The Morgan fingerprint density at radius 3 is 2.80 bits per heavy atom. The first-order valence-electron chi connectivity index (χ1n) is 7.60. The third kappa shape index (κ3) is 3.71. The minimum atomic E-state index is -0.919. The van der Waals surface area contributed by atoms with Crippen LogP contribution in [0.1, 0.15) is 0 Å². The van der Waals surface area contributed by atoms with Crippen LogP contribution < -0.4 is 14.4 Å². The molecule has 3 rings (SSSR count). The molecule has 2 aromatic carbocycles. The fourth-order valence-electron chi connectivity index (χ4n) is 2.50. The van der Waals surface area contributed by atoms with Crippen molar-refractivity contribution in [2.45, 2.75) is 6.10 Å². The highest BCUT2D eigenvalue weighted by Gasteiger charge is 2.34. The molecule has 0 saturated carbocycles. The summed E-state index contributed by atoms with van der Waals surface area (Å²) in [6, 6.07) is 12.4. The molecule has 7 heteroatoms. The van der Waals surface area contributed by atoms with E-state index >= 15 is 0 Å². The molecule has 0 fully saturated rings. The van der Waals surface area contributed by atoms with Crippen molar-refractivity contribution in [3.63, 3.8) is 0 Å². The number of rotatable bonds is 4. The maximum Gasteiger partial charge on any atom is 0.348 e. The molecule has 0 saturated heterocycles. The molecular formula is C18H16FNO5. The molecule has 0 aliphatic carbocycles. The number of halogens is 1. The predicted molar refractivity (Wildman–Crippen MR) is 87.1 cm³/mol. The van der Waals surface area contributed by atoms with Crippen molar-refractivity contribution >= 4 is 17.6 Å². The molecule has 0 spiro atoms. The van der Waals surface area contributed by atoms with Crippen LogP contribution in [-0.4, -0.2) is 38.2 Å². The van der Waals surface area contributed by atoms with E-state index in [9.17, 15) is 14.0 Å². The number of ether oxygens (including phenoxy) is 3. The van der Waals surface area contributed by atoms with E-state index in [4.69, 9.17) is 14.2 Å². The van der Waals surface area contributed by atoms with Gasteiger partial charge in [0.25, 0.3) is 5.91 Å². The third-order valence-electron chi connectivity index (χ3n) is 3.70. The molecule has 1 atom stereocenters. The van der Waals surface area contributed by atoms with Crippen LogP contribution in [0.2, 0.25) is 0 Å². The van der Waals surface area contributed by atoms with Gasteiger partial charge in [0.1, 0.15) is 17.3 Å². The van der Waals surface area contributed by atoms with E-state index in [1.807, 2.05) is 0 Å². The van der Waals surface area contributed by atoms with Gasteiger partial charge in [-0.2, -0.15) is 0 Å². The average Bonchev–Trinajstić information content (AvgIpc) is 2.64. The zero-order chi connectivity index (χ0) is 17.8. The number of methoxy groups -OCH3 is 1. The summed E-state index contributed by atoms with van der Waals surface area (Å²) >= 11 is 0. The molecule has 25 heavy (non-hydrogen) atoms. The smallest absolute Gasteiger partial charge is 0.348 e. The van der Waals surface area contributed by atoms with Crippen LogP contribution in [0, 0.1) is 5.82 Å². The number of carbonyl (C=O) groups is 2. The molecule has 130 valence electrons. The van der Waals surface area contributed by atoms with Crippen molar-refractivity contribution in [2.24, 2.45) is 0 Å². The summed E-state index contributed by atoms with van der Waals surface area (Å²) in [5.74, 6) is -0.748. The number of hydrogen-bond donors (Lipinski definition) is 0. The quantitative estimate of drug-likeness (QED) is 0.795. The number of anilines is 1. The Balaban J connectivity index is 1.77. The van der Waals surface area contributed by atoms with Crippen LogP contribution in [0.5, 0.6) is 11.5 Å². The summed E-state index contributed by atoms with van der Waals surface area (Å²) in [7, 11) is 1.26.